The molecule has 3 heteroatoms. The molecule has 0 radical (unpaired) electrons. The largest absolute Gasteiger partial charge is 0.329 e. The van der Waals surface area contributed by atoms with E-state index in [1.807, 2.05) is 6.07 Å². The predicted molar refractivity (Wildman–Crippen MR) is 35.7 cm³/mol. The number of carbonyl (C=O) groups excluding carboxylic acids is 1. The fourth-order valence-corrected chi connectivity index (χ4v) is 0.913. The minimum atomic E-state index is 0.0106. The number of nitrogens with one attached hydrogen (secondary N) is 1. The Kier molecular flexibility index (Phi) is 1.72. The highest BCUT2D eigenvalue weighted by Crippen LogP contribution is 2.12. The van der Waals surface area contributed by atoms with E-state index < -0.39 is 0 Å². The molecule has 0 unspecified atom stereocenters. The minimum absolute atomic E-state index is 0.0106. The Bertz CT molecular complexity index is 234. The monoisotopic (exact) mass is 136 g/mol. The maximum atomic E-state index is 10.7. The van der Waals surface area contributed by atoms with Crippen molar-refractivity contribution >= 4 is 5.91 Å². The van der Waals surface area contributed by atoms with Crippen molar-refractivity contribution in [1.82, 2.24) is 5.32 Å². The molecule has 1 amide bonds. The summed E-state index contributed by atoms with van der Waals surface area (Å²) in [4.78, 5) is 10.7. The first-order valence-electron chi connectivity index (χ1n) is 3.13. The van der Waals surface area contributed by atoms with E-state index in [-0.39, 0.29) is 5.91 Å². The second-order valence-electron chi connectivity index (χ2n) is 2.26. The molecule has 1 N–H and O–H groups in total. The van der Waals surface area contributed by atoms with Gasteiger partial charge in [0.1, 0.15) is 0 Å². The number of nitrogens with zero attached hydrogens (tertiary/aromatic N) is 1. The third-order valence-electron chi connectivity index (χ3n) is 1.52. The third-order valence-corrected chi connectivity index (χ3v) is 1.52. The number of rotatable bonds is 0. The van der Waals surface area contributed by atoms with E-state index in [2.05, 4.69) is 5.32 Å². The zero-order valence-electron chi connectivity index (χ0n) is 5.77. The Morgan fingerprint density at radius 2 is 2.30 bits per heavy atom. The maximum Gasteiger partial charge on any atom is 0.224 e. The number of hydrogen-bond acceptors (Lipinski definition) is 2. The number of hydrogen-bond donors (Lipinski definition) is 1. The topological polar surface area (TPSA) is 52.9 Å². The summed E-state index contributed by atoms with van der Waals surface area (Å²) in [5.41, 5.74) is 1.40. The van der Waals surface area contributed by atoms with Crippen LogP contribution in [0.25, 0.3) is 0 Å². The second kappa shape index (κ2) is 2.53. The fraction of sp³-hybridized carbons (Fsp3) is 0.429. The normalized spacial score (nSPS) is 18.2. The molecule has 0 aromatic carbocycles. The van der Waals surface area contributed by atoms with Crippen molar-refractivity contribution in [3.05, 3.63) is 11.3 Å². The van der Waals surface area contributed by atoms with E-state index in [4.69, 9.17) is 5.26 Å². The summed E-state index contributed by atoms with van der Waals surface area (Å²) in [7, 11) is 0. The zero-order valence-corrected chi connectivity index (χ0v) is 5.77. The first kappa shape index (κ1) is 6.81. The first-order chi connectivity index (χ1) is 4.74. The van der Waals surface area contributed by atoms with Gasteiger partial charge in [-0.15, -0.1) is 0 Å². The van der Waals surface area contributed by atoms with Crippen molar-refractivity contribution < 1.29 is 4.79 Å². The summed E-state index contributed by atoms with van der Waals surface area (Å²) in [5, 5.41) is 11.1. The fourth-order valence-electron chi connectivity index (χ4n) is 0.913. The van der Waals surface area contributed by atoms with E-state index in [1.54, 1.807) is 6.92 Å². The number of carbonyl (C=O) groups is 1. The van der Waals surface area contributed by atoms with Crippen LogP contribution in [0.3, 0.4) is 0 Å². The molecule has 52 valence electrons. The average molecular weight is 136 g/mol. The molecule has 0 saturated carbocycles. The molecule has 1 rings (SSSR count). The van der Waals surface area contributed by atoms with Gasteiger partial charge in [-0.2, -0.15) is 5.26 Å². The van der Waals surface area contributed by atoms with Crippen molar-refractivity contribution in [1.29, 1.82) is 5.26 Å². The van der Waals surface area contributed by atoms with Crippen LogP contribution in [0.15, 0.2) is 11.3 Å². The van der Waals surface area contributed by atoms with Gasteiger partial charge < -0.3 is 5.32 Å². The summed E-state index contributed by atoms with van der Waals surface area (Å²) < 4.78 is 0. The van der Waals surface area contributed by atoms with Gasteiger partial charge in [0.2, 0.25) is 5.91 Å². The Morgan fingerprint density at radius 3 is 2.80 bits per heavy atom. The van der Waals surface area contributed by atoms with Crippen LogP contribution in [-0.2, 0) is 4.79 Å². The molecular weight excluding hydrogens is 128 g/mol. The van der Waals surface area contributed by atoms with Crippen LogP contribution < -0.4 is 5.32 Å². The van der Waals surface area contributed by atoms with E-state index in [1.165, 1.54) is 0 Å². The molecule has 0 atom stereocenters. The van der Waals surface area contributed by atoms with Gasteiger partial charge >= 0.3 is 0 Å². The number of allylic oxidation sites excluding steroid dienone is 2. The smallest absolute Gasteiger partial charge is 0.224 e. The molecule has 1 aliphatic rings. The van der Waals surface area contributed by atoms with Gasteiger partial charge in [0.15, 0.2) is 0 Å². The quantitative estimate of drug-likeness (QED) is 0.532. The van der Waals surface area contributed by atoms with Crippen molar-refractivity contribution in [2.75, 3.05) is 0 Å². The predicted octanol–water partition coefficient (Wildman–Crippen LogP) is 0.694. The second-order valence-corrected chi connectivity index (χ2v) is 2.26. The van der Waals surface area contributed by atoms with Gasteiger partial charge in [-0.3, -0.25) is 4.79 Å². The minimum Gasteiger partial charge on any atom is -0.329 e. The molecule has 1 aliphatic heterocycles. The lowest BCUT2D eigenvalue weighted by Crippen LogP contribution is -2.26. The molecular formula is C7H8N2O. The molecule has 3 nitrogen and oxygen atoms in total. The molecule has 0 aromatic heterocycles. The lowest BCUT2D eigenvalue weighted by Gasteiger charge is -2.12. The molecule has 0 fully saturated rings. The Hall–Kier alpha value is -1.30. The van der Waals surface area contributed by atoms with Crippen molar-refractivity contribution in [2.24, 2.45) is 0 Å². The van der Waals surface area contributed by atoms with Crippen LogP contribution in [0.2, 0.25) is 0 Å². The highest BCUT2D eigenvalue weighted by atomic mass is 16.1. The van der Waals surface area contributed by atoms with Gasteiger partial charge in [-0.1, -0.05) is 0 Å². The third kappa shape index (κ3) is 1.16. The molecule has 0 aromatic rings. The van der Waals surface area contributed by atoms with E-state index in [0.29, 0.717) is 24.1 Å². The van der Waals surface area contributed by atoms with Gasteiger partial charge in [-0.05, 0) is 13.3 Å². The SMILES string of the molecule is CC1=C(C#N)CCC(=O)N1. The standard InChI is InChI=1S/C7H8N2O/c1-5-6(4-8)2-3-7(10)9-5/h2-3H2,1H3,(H,9,10). The van der Waals surface area contributed by atoms with Gasteiger partial charge in [0.05, 0.1) is 6.07 Å². The molecule has 0 bridgehead atoms. The molecule has 0 spiro atoms. The van der Waals surface area contributed by atoms with Crippen LogP contribution >= 0.6 is 0 Å². The summed E-state index contributed by atoms with van der Waals surface area (Å²) >= 11 is 0. The van der Waals surface area contributed by atoms with Crippen molar-refractivity contribution in [3.8, 4) is 6.07 Å². The molecule has 0 aliphatic carbocycles. The summed E-state index contributed by atoms with van der Waals surface area (Å²) in [6.45, 7) is 1.75. The summed E-state index contributed by atoms with van der Waals surface area (Å²) in [6.07, 6.45) is 1.04. The van der Waals surface area contributed by atoms with E-state index >= 15 is 0 Å². The number of amides is 1. The van der Waals surface area contributed by atoms with Crippen LogP contribution in [-0.4, -0.2) is 5.91 Å². The highest BCUT2D eigenvalue weighted by Gasteiger charge is 2.13. The molecule has 1 heterocycles. The lowest BCUT2D eigenvalue weighted by molar-refractivity contribution is -0.120. The molecule has 10 heavy (non-hydrogen) atoms. The van der Waals surface area contributed by atoms with Crippen LogP contribution in [0.4, 0.5) is 0 Å². The summed E-state index contributed by atoms with van der Waals surface area (Å²) in [5.74, 6) is 0.0106. The van der Waals surface area contributed by atoms with Crippen LogP contribution in [0.5, 0.6) is 0 Å². The average Bonchev–Trinajstić information content (AvgIpc) is 1.88. The number of nitriles is 1. The zero-order chi connectivity index (χ0) is 7.56. The van der Waals surface area contributed by atoms with Crippen molar-refractivity contribution in [2.45, 2.75) is 19.8 Å². The first-order valence-corrected chi connectivity index (χ1v) is 3.13. The maximum absolute atomic E-state index is 10.7. The molecule has 0 saturated heterocycles. The van der Waals surface area contributed by atoms with Gasteiger partial charge in [0.25, 0.3) is 0 Å². The Morgan fingerprint density at radius 1 is 1.60 bits per heavy atom. The van der Waals surface area contributed by atoms with Gasteiger partial charge in [-0.25, -0.2) is 0 Å². The van der Waals surface area contributed by atoms with Crippen LogP contribution in [0, 0.1) is 11.3 Å². The highest BCUT2D eigenvalue weighted by molar-refractivity contribution is 5.79. The van der Waals surface area contributed by atoms with E-state index in [0.717, 1.165) is 0 Å². The lowest BCUT2D eigenvalue weighted by atomic mass is 10.1. The van der Waals surface area contributed by atoms with Crippen LogP contribution in [0.1, 0.15) is 19.8 Å². The van der Waals surface area contributed by atoms with Crippen molar-refractivity contribution in [3.63, 3.8) is 0 Å². The van der Waals surface area contributed by atoms with E-state index in [9.17, 15) is 4.79 Å². The Balaban J connectivity index is 2.83. The summed E-state index contributed by atoms with van der Waals surface area (Å²) in [6, 6.07) is 2.04. The Labute approximate surface area is 59.3 Å². The van der Waals surface area contributed by atoms with Gasteiger partial charge in [0, 0.05) is 17.7 Å².